The highest BCUT2D eigenvalue weighted by Gasteiger charge is 2.27. The van der Waals surface area contributed by atoms with Gasteiger partial charge in [0.1, 0.15) is 5.65 Å². The minimum atomic E-state index is -3.68. The number of fused-ring (bicyclic) bond motifs is 1. The van der Waals surface area contributed by atoms with E-state index in [9.17, 15) is 13.2 Å². The van der Waals surface area contributed by atoms with Crippen molar-refractivity contribution in [2.45, 2.75) is 44.6 Å². The molecule has 32 heavy (non-hydrogen) atoms. The second-order valence-electron chi connectivity index (χ2n) is 8.82. The number of nitrogens with one attached hydrogen (secondary N) is 1. The molecular formula is C24H26N4O3S. The fourth-order valence-electron chi connectivity index (χ4n) is 3.76. The number of amides is 1. The van der Waals surface area contributed by atoms with Gasteiger partial charge in [0.25, 0.3) is 5.91 Å². The van der Waals surface area contributed by atoms with Gasteiger partial charge < -0.3 is 5.73 Å². The topological polar surface area (TPSA) is 107 Å². The van der Waals surface area contributed by atoms with Crippen molar-refractivity contribution in [2.24, 2.45) is 5.73 Å². The normalized spacial score (nSPS) is 13.8. The molecule has 0 atom stereocenters. The van der Waals surface area contributed by atoms with E-state index in [0.717, 1.165) is 17.7 Å². The minimum Gasteiger partial charge on any atom is -0.366 e. The minimum absolute atomic E-state index is 0.147. The SMILES string of the molecule is CCc1cnc2c(c1)c(C(N)=O)c(-c1ccc(S(=O)(=O)NC(C)(C)C)cc1)n2C1=CC=C1. The van der Waals surface area contributed by atoms with E-state index in [2.05, 4.69) is 9.71 Å². The number of hydrogen-bond donors (Lipinski definition) is 2. The Labute approximate surface area is 187 Å². The zero-order valence-electron chi connectivity index (χ0n) is 18.5. The van der Waals surface area contributed by atoms with Crippen LogP contribution in [0.5, 0.6) is 0 Å². The van der Waals surface area contributed by atoms with E-state index in [1.54, 1.807) is 39.1 Å². The number of carbonyl (C=O) groups is 1. The van der Waals surface area contributed by atoms with Crippen molar-refractivity contribution in [1.29, 1.82) is 0 Å². The summed E-state index contributed by atoms with van der Waals surface area (Å²) >= 11 is 0. The average molecular weight is 451 g/mol. The van der Waals surface area contributed by atoms with E-state index in [0.29, 0.717) is 27.9 Å². The van der Waals surface area contributed by atoms with Crippen LogP contribution in [0.4, 0.5) is 0 Å². The number of rotatable bonds is 6. The number of nitrogens with two attached hydrogens (primary N) is 1. The van der Waals surface area contributed by atoms with Crippen molar-refractivity contribution < 1.29 is 13.2 Å². The molecule has 0 fully saturated rings. The maximum absolute atomic E-state index is 12.7. The zero-order valence-corrected chi connectivity index (χ0v) is 19.3. The fourth-order valence-corrected chi connectivity index (χ4v) is 5.18. The lowest BCUT2D eigenvalue weighted by Crippen LogP contribution is -2.40. The molecule has 166 valence electrons. The van der Waals surface area contributed by atoms with Gasteiger partial charge in [-0.2, -0.15) is 0 Å². The summed E-state index contributed by atoms with van der Waals surface area (Å²) in [6.07, 6.45) is 8.33. The number of sulfonamides is 1. The third-order valence-corrected chi connectivity index (χ3v) is 6.96. The molecule has 1 aromatic carbocycles. The Balaban J connectivity index is 1.93. The third kappa shape index (κ3) is 3.87. The highest BCUT2D eigenvalue weighted by Crippen LogP contribution is 2.37. The van der Waals surface area contributed by atoms with Crippen molar-refractivity contribution in [1.82, 2.24) is 14.3 Å². The summed E-state index contributed by atoms with van der Waals surface area (Å²) in [5, 5.41) is 0.680. The number of hydrogen-bond acceptors (Lipinski definition) is 4. The summed E-state index contributed by atoms with van der Waals surface area (Å²) in [5.74, 6) is -0.561. The summed E-state index contributed by atoms with van der Waals surface area (Å²) in [4.78, 5) is 17.3. The third-order valence-electron chi connectivity index (χ3n) is 5.19. The summed E-state index contributed by atoms with van der Waals surface area (Å²) in [7, 11) is -3.68. The van der Waals surface area contributed by atoms with Gasteiger partial charge in [0.05, 0.1) is 16.2 Å². The highest BCUT2D eigenvalue weighted by atomic mass is 32.2. The van der Waals surface area contributed by atoms with Crippen LogP contribution in [-0.4, -0.2) is 29.4 Å². The van der Waals surface area contributed by atoms with Gasteiger partial charge in [-0.05, 0) is 68.7 Å². The Morgan fingerprint density at radius 1 is 1.19 bits per heavy atom. The molecule has 3 N–H and O–H groups in total. The molecule has 7 nitrogen and oxygen atoms in total. The molecule has 3 aromatic rings. The second-order valence-corrected chi connectivity index (χ2v) is 10.5. The molecule has 0 unspecified atom stereocenters. The lowest BCUT2D eigenvalue weighted by molar-refractivity contribution is 0.100. The van der Waals surface area contributed by atoms with Crippen LogP contribution in [0.3, 0.4) is 0 Å². The summed E-state index contributed by atoms with van der Waals surface area (Å²) < 4.78 is 29.9. The van der Waals surface area contributed by atoms with E-state index < -0.39 is 21.5 Å². The van der Waals surface area contributed by atoms with E-state index in [4.69, 9.17) is 5.73 Å². The van der Waals surface area contributed by atoms with Gasteiger partial charge in [0.2, 0.25) is 10.0 Å². The number of primary amides is 1. The molecule has 0 bridgehead atoms. The van der Waals surface area contributed by atoms with Gasteiger partial charge in [-0.25, -0.2) is 18.1 Å². The fraction of sp³-hybridized carbons (Fsp3) is 0.250. The Hall–Kier alpha value is -3.23. The van der Waals surface area contributed by atoms with Crippen LogP contribution in [0, 0.1) is 0 Å². The first-order chi connectivity index (χ1) is 15.0. The van der Waals surface area contributed by atoms with E-state index in [1.807, 2.05) is 35.8 Å². The molecular weight excluding hydrogens is 424 g/mol. The molecule has 0 aliphatic heterocycles. The predicted octanol–water partition coefficient (Wildman–Crippen LogP) is 3.85. The number of pyridine rings is 1. The number of nitrogens with zero attached hydrogens (tertiary/aromatic N) is 2. The van der Waals surface area contributed by atoms with Gasteiger partial charge in [-0.3, -0.25) is 9.36 Å². The van der Waals surface area contributed by atoms with Gasteiger partial charge >= 0.3 is 0 Å². The quantitative estimate of drug-likeness (QED) is 0.595. The first-order valence-electron chi connectivity index (χ1n) is 10.4. The molecule has 2 aromatic heterocycles. The molecule has 0 saturated carbocycles. The van der Waals surface area contributed by atoms with Crippen LogP contribution in [0.2, 0.25) is 0 Å². The van der Waals surface area contributed by atoms with Crippen LogP contribution in [-0.2, 0) is 16.4 Å². The summed E-state index contributed by atoms with van der Waals surface area (Å²) in [6, 6.07) is 8.39. The Kier molecular flexibility index (Phi) is 5.30. The molecule has 0 radical (unpaired) electrons. The largest absolute Gasteiger partial charge is 0.366 e. The van der Waals surface area contributed by atoms with Gasteiger partial charge in [0, 0.05) is 22.8 Å². The molecule has 0 saturated heterocycles. The van der Waals surface area contributed by atoms with Crippen molar-refractivity contribution in [3.8, 4) is 11.3 Å². The van der Waals surface area contributed by atoms with Gasteiger partial charge in [-0.15, -0.1) is 0 Å². The molecule has 8 heteroatoms. The number of allylic oxidation sites excluding steroid dienone is 4. The first-order valence-corrected chi connectivity index (χ1v) is 11.9. The van der Waals surface area contributed by atoms with Gasteiger partial charge in [-0.1, -0.05) is 25.1 Å². The van der Waals surface area contributed by atoms with Crippen molar-refractivity contribution >= 4 is 32.7 Å². The smallest absolute Gasteiger partial charge is 0.251 e. The number of benzene rings is 1. The molecule has 2 heterocycles. The zero-order chi connectivity index (χ0) is 23.3. The van der Waals surface area contributed by atoms with E-state index in [-0.39, 0.29) is 4.90 Å². The lowest BCUT2D eigenvalue weighted by Gasteiger charge is -2.20. The monoisotopic (exact) mass is 450 g/mol. The number of carbonyl (C=O) groups excluding carboxylic acids is 1. The Morgan fingerprint density at radius 2 is 1.84 bits per heavy atom. The van der Waals surface area contributed by atoms with E-state index >= 15 is 0 Å². The maximum atomic E-state index is 12.7. The van der Waals surface area contributed by atoms with Crippen LogP contribution >= 0.6 is 0 Å². The van der Waals surface area contributed by atoms with Crippen molar-refractivity contribution in [3.05, 3.63) is 65.9 Å². The molecule has 1 amide bonds. The molecule has 1 aliphatic carbocycles. The van der Waals surface area contributed by atoms with Gasteiger partial charge in [0.15, 0.2) is 0 Å². The molecule has 0 spiro atoms. The Bertz CT molecular complexity index is 1390. The van der Waals surface area contributed by atoms with E-state index in [1.165, 1.54) is 12.1 Å². The number of aromatic nitrogens is 2. The first kappa shape index (κ1) is 22.0. The predicted molar refractivity (Wildman–Crippen MR) is 127 cm³/mol. The van der Waals surface area contributed by atoms with Crippen molar-refractivity contribution in [3.63, 3.8) is 0 Å². The highest BCUT2D eigenvalue weighted by molar-refractivity contribution is 7.89. The van der Waals surface area contributed by atoms with Crippen LogP contribution in [0.15, 0.2) is 59.7 Å². The molecule has 4 rings (SSSR count). The Morgan fingerprint density at radius 3 is 2.34 bits per heavy atom. The average Bonchev–Trinajstić information content (AvgIpc) is 2.99. The van der Waals surface area contributed by atoms with Crippen molar-refractivity contribution in [2.75, 3.05) is 0 Å². The number of aryl methyl sites for hydroxylation is 1. The summed E-state index contributed by atoms with van der Waals surface area (Å²) in [5.41, 5.74) is 9.36. The maximum Gasteiger partial charge on any atom is 0.251 e. The molecule has 1 aliphatic rings. The second kappa shape index (κ2) is 7.72. The van der Waals surface area contributed by atoms with Crippen LogP contribution in [0.1, 0.15) is 43.6 Å². The summed E-state index contributed by atoms with van der Waals surface area (Å²) in [6.45, 7) is 7.38. The van der Waals surface area contributed by atoms with Crippen LogP contribution < -0.4 is 10.5 Å². The standard InChI is InChI=1S/C24H26N4O3S/c1-5-15-13-19-20(22(25)29)21(28(17-7-6-8-17)23(19)26-14-15)16-9-11-18(12-10-16)32(30,31)27-24(2,3)4/h6-14,27H,5H2,1-4H3,(H2,25,29). The lowest BCUT2D eigenvalue weighted by atomic mass is 10.0. The van der Waals surface area contributed by atoms with Crippen LogP contribution in [0.25, 0.3) is 28.0 Å².